The fraction of sp³-hybridized carbons (Fsp3) is 0.739. The van der Waals surface area contributed by atoms with Crippen molar-refractivity contribution in [1.29, 1.82) is 0 Å². The Balaban J connectivity index is 1.48. The first kappa shape index (κ1) is 20.9. The second-order valence-corrected chi connectivity index (χ2v) is 9.40. The van der Waals surface area contributed by atoms with E-state index in [9.17, 15) is 0 Å². The lowest BCUT2D eigenvalue weighted by atomic mass is 9.85. The van der Waals surface area contributed by atoms with E-state index >= 15 is 4.39 Å². The predicted molar refractivity (Wildman–Crippen MR) is 109 cm³/mol. The highest BCUT2D eigenvalue weighted by atomic mass is 19.1. The number of hydrogen-bond acceptors (Lipinski definition) is 5. The molecule has 2 heterocycles. The minimum absolute atomic E-state index is 0.143. The maximum atomic E-state index is 15.4. The maximum absolute atomic E-state index is 15.4. The minimum atomic E-state index is -0.265. The number of methoxy groups -OCH3 is 1. The van der Waals surface area contributed by atoms with Crippen molar-refractivity contribution in [2.75, 3.05) is 33.4 Å². The van der Waals surface area contributed by atoms with E-state index in [-0.39, 0.29) is 29.3 Å². The molecule has 1 saturated heterocycles. The number of nitrogens with zero attached hydrogens (tertiary/aromatic N) is 1. The highest BCUT2D eigenvalue weighted by molar-refractivity contribution is 5.51. The molecule has 0 radical (unpaired) electrons. The maximum Gasteiger partial charge on any atom is 0.197 e. The van der Waals surface area contributed by atoms with Crippen molar-refractivity contribution in [1.82, 2.24) is 4.90 Å². The Labute approximate surface area is 173 Å². The van der Waals surface area contributed by atoms with Gasteiger partial charge in [-0.05, 0) is 70.1 Å². The van der Waals surface area contributed by atoms with Crippen LogP contribution in [0.2, 0.25) is 0 Å². The molecule has 0 amide bonds. The Bertz CT molecular complexity index is 729. The molecule has 2 fully saturated rings. The first-order valence-electron chi connectivity index (χ1n) is 10.9. The Morgan fingerprint density at radius 1 is 1.10 bits per heavy atom. The molecule has 0 aromatic heterocycles. The number of fused-ring (bicyclic) bond motifs is 3. The van der Waals surface area contributed by atoms with Crippen LogP contribution >= 0.6 is 0 Å². The van der Waals surface area contributed by atoms with Crippen LogP contribution in [0.3, 0.4) is 0 Å². The van der Waals surface area contributed by atoms with Gasteiger partial charge in [-0.15, -0.1) is 0 Å². The molecule has 0 N–H and O–H groups in total. The van der Waals surface area contributed by atoms with Gasteiger partial charge in [0.2, 0.25) is 0 Å². The van der Waals surface area contributed by atoms with Gasteiger partial charge in [-0.3, -0.25) is 4.90 Å². The van der Waals surface area contributed by atoms with Gasteiger partial charge in [0.05, 0.1) is 31.5 Å². The predicted octanol–water partition coefficient (Wildman–Crippen LogP) is 4.27. The SMILES string of the molecule is COc1cc2c(c(F)c1OCCOC1CC1)CCN1CC(OC(C)(C)C)CCC21. The molecule has 2 aliphatic heterocycles. The molecule has 162 valence electrons. The van der Waals surface area contributed by atoms with Crippen LogP contribution in [0.1, 0.15) is 63.6 Å². The van der Waals surface area contributed by atoms with Gasteiger partial charge in [0.1, 0.15) is 6.61 Å². The summed E-state index contributed by atoms with van der Waals surface area (Å²) in [7, 11) is 1.57. The van der Waals surface area contributed by atoms with Gasteiger partial charge < -0.3 is 18.9 Å². The van der Waals surface area contributed by atoms with Gasteiger partial charge >= 0.3 is 0 Å². The van der Waals surface area contributed by atoms with E-state index < -0.39 is 0 Å². The molecule has 0 spiro atoms. The van der Waals surface area contributed by atoms with E-state index in [1.54, 1.807) is 7.11 Å². The van der Waals surface area contributed by atoms with Gasteiger partial charge in [-0.25, -0.2) is 4.39 Å². The third-order valence-electron chi connectivity index (χ3n) is 5.92. The van der Waals surface area contributed by atoms with Crippen LogP contribution in [0.5, 0.6) is 11.5 Å². The summed E-state index contributed by atoms with van der Waals surface area (Å²) >= 11 is 0. The molecule has 2 atom stereocenters. The average Bonchev–Trinajstić information content (AvgIpc) is 3.49. The van der Waals surface area contributed by atoms with Crippen molar-refractivity contribution in [2.45, 2.75) is 76.7 Å². The fourth-order valence-corrected chi connectivity index (χ4v) is 4.55. The van der Waals surface area contributed by atoms with Crippen LogP contribution in [-0.4, -0.2) is 56.1 Å². The highest BCUT2D eigenvalue weighted by Crippen LogP contribution is 2.44. The monoisotopic (exact) mass is 407 g/mol. The van der Waals surface area contributed by atoms with Crippen molar-refractivity contribution in [3.8, 4) is 11.5 Å². The first-order valence-corrected chi connectivity index (χ1v) is 10.9. The topological polar surface area (TPSA) is 40.2 Å². The lowest BCUT2D eigenvalue weighted by Gasteiger charge is -2.45. The zero-order valence-electron chi connectivity index (χ0n) is 18.1. The second kappa shape index (κ2) is 8.40. The van der Waals surface area contributed by atoms with Gasteiger partial charge in [-0.2, -0.15) is 0 Å². The molecule has 5 nitrogen and oxygen atoms in total. The molecule has 6 heteroatoms. The first-order chi connectivity index (χ1) is 13.9. The molecule has 2 unspecified atom stereocenters. The molecule has 1 saturated carbocycles. The van der Waals surface area contributed by atoms with E-state index in [1.807, 2.05) is 6.07 Å². The summed E-state index contributed by atoms with van der Waals surface area (Å²) in [6.45, 7) is 8.85. The standard InChI is InChI=1S/C23H34FNO4/c1-23(2,3)29-16-7-8-19-18-13-20(26-4)22(28-12-11-27-15-5-6-15)21(24)17(18)9-10-25(19)14-16/h13,15-16,19H,5-12,14H2,1-4H3. The normalized spacial score (nSPS) is 24.7. The number of benzene rings is 1. The fourth-order valence-electron chi connectivity index (χ4n) is 4.55. The average molecular weight is 408 g/mol. The lowest BCUT2D eigenvalue weighted by Crippen LogP contribution is -2.47. The minimum Gasteiger partial charge on any atom is -0.493 e. The molecule has 4 rings (SSSR count). The number of halogens is 1. The molecule has 0 bridgehead atoms. The summed E-state index contributed by atoms with van der Waals surface area (Å²) in [6, 6.07) is 2.20. The van der Waals surface area contributed by atoms with Crippen molar-refractivity contribution < 1.29 is 23.3 Å². The summed E-state index contributed by atoms with van der Waals surface area (Å²) in [5.41, 5.74) is 1.68. The molecule has 1 aromatic carbocycles. The quantitative estimate of drug-likeness (QED) is 0.632. The molecule has 3 aliphatic rings. The van der Waals surface area contributed by atoms with Crippen LogP contribution in [0.25, 0.3) is 0 Å². The zero-order valence-corrected chi connectivity index (χ0v) is 18.1. The van der Waals surface area contributed by atoms with E-state index in [1.165, 1.54) is 0 Å². The lowest BCUT2D eigenvalue weighted by molar-refractivity contribution is -0.0972. The van der Waals surface area contributed by atoms with E-state index in [4.69, 9.17) is 18.9 Å². The van der Waals surface area contributed by atoms with Crippen LogP contribution in [0, 0.1) is 5.82 Å². The van der Waals surface area contributed by atoms with Gasteiger partial charge in [-0.1, -0.05) is 0 Å². The van der Waals surface area contributed by atoms with Crippen molar-refractivity contribution in [3.63, 3.8) is 0 Å². The van der Waals surface area contributed by atoms with E-state index in [0.717, 1.165) is 49.9 Å². The van der Waals surface area contributed by atoms with Gasteiger partial charge in [0.15, 0.2) is 17.3 Å². The zero-order chi connectivity index (χ0) is 20.6. The van der Waals surface area contributed by atoms with Crippen molar-refractivity contribution in [3.05, 3.63) is 23.0 Å². The van der Waals surface area contributed by atoms with Gasteiger partial charge in [0, 0.05) is 19.1 Å². The number of hydrogen-bond donors (Lipinski definition) is 0. The van der Waals surface area contributed by atoms with Crippen LogP contribution in [0.15, 0.2) is 6.07 Å². The molecule has 29 heavy (non-hydrogen) atoms. The smallest absolute Gasteiger partial charge is 0.197 e. The molecule has 1 aromatic rings. The summed E-state index contributed by atoms with van der Waals surface area (Å²) in [6.07, 6.45) is 5.47. The molecular weight excluding hydrogens is 373 g/mol. The summed E-state index contributed by atoms with van der Waals surface area (Å²) in [5.74, 6) is 0.435. The van der Waals surface area contributed by atoms with Crippen LogP contribution < -0.4 is 9.47 Å². The Morgan fingerprint density at radius 2 is 1.86 bits per heavy atom. The van der Waals surface area contributed by atoms with E-state index in [0.29, 0.717) is 31.5 Å². The molecular formula is C23H34FNO4. The van der Waals surface area contributed by atoms with E-state index in [2.05, 4.69) is 25.7 Å². The van der Waals surface area contributed by atoms with Crippen molar-refractivity contribution in [2.24, 2.45) is 0 Å². The van der Waals surface area contributed by atoms with Gasteiger partial charge in [0.25, 0.3) is 0 Å². The summed E-state index contributed by atoms with van der Waals surface area (Å²) < 4.78 is 38.4. The summed E-state index contributed by atoms with van der Waals surface area (Å²) in [4.78, 5) is 2.44. The number of ether oxygens (including phenoxy) is 4. The van der Waals surface area contributed by atoms with Crippen molar-refractivity contribution >= 4 is 0 Å². The van der Waals surface area contributed by atoms with Crippen LogP contribution in [-0.2, 0) is 15.9 Å². The Hall–Kier alpha value is -1.37. The highest BCUT2D eigenvalue weighted by Gasteiger charge is 2.37. The largest absolute Gasteiger partial charge is 0.493 e. The third kappa shape index (κ3) is 4.86. The third-order valence-corrected chi connectivity index (χ3v) is 5.92. The Morgan fingerprint density at radius 3 is 2.55 bits per heavy atom. The Kier molecular flexibility index (Phi) is 6.05. The van der Waals surface area contributed by atoms with Crippen LogP contribution in [0.4, 0.5) is 4.39 Å². The number of piperidine rings is 1. The molecule has 1 aliphatic carbocycles. The second-order valence-electron chi connectivity index (χ2n) is 9.40. The summed E-state index contributed by atoms with van der Waals surface area (Å²) in [5, 5.41) is 0. The number of rotatable bonds is 7.